The third-order valence-corrected chi connectivity index (χ3v) is 4.04. The van der Waals surface area contributed by atoms with Gasteiger partial charge < -0.3 is 19.7 Å². The van der Waals surface area contributed by atoms with Crippen molar-refractivity contribution in [2.75, 3.05) is 0 Å². The number of cyclic esters (lactones) is 1. The molecular weight excluding hydrogens is 288 g/mol. The Hall–Kier alpha value is -2.08. The van der Waals surface area contributed by atoms with Crippen molar-refractivity contribution in [2.24, 2.45) is 0 Å². The molecule has 2 N–H and O–H groups in total. The molecule has 6 nitrogen and oxygen atoms in total. The number of carbonyl (C=O) groups is 2. The first kappa shape index (κ1) is 14.8. The van der Waals surface area contributed by atoms with E-state index in [4.69, 9.17) is 9.47 Å². The SMILES string of the molecule is C[C@@H]1CCC[C@H]2O[C@H]2C(=O)c2c(O)cc(O)cc2CC(=O)O1. The Morgan fingerprint density at radius 1 is 1.18 bits per heavy atom. The van der Waals surface area contributed by atoms with E-state index in [2.05, 4.69) is 0 Å². The Morgan fingerprint density at radius 3 is 2.73 bits per heavy atom. The van der Waals surface area contributed by atoms with Crippen LogP contribution in [0.4, 0.5) is 0 Å². The highest BCUT2D eigenvalue weighted by atomic mass is 16.6. The number of carbonyl (C=O) groups excluding carboxylic acids is 2. The molecule has 3 atom stereocenters. The molecule has 2 aliphatic rings. The van der Waals surface area contributed by atoms with Gasteiger partial charge in [0.25, 0.3) is 0 Å². The van der Waals surface area contributed by atoms with Crippen LogP contribution in [0.3, 0.4) is 0 Å². The molecule has 1 aromatic carbocycles. The maximum absolute atomic E-state index is 12.5. The van der Waals surface area contributed by atoms with Gasteiger partial charge in [-0.15, -0.1) is 0 Å². The van der Waals surface area contributed by atoms with Crippen LogP contribution in [0.5, 0.6) is 11.5 Å². The van der Waals surface area contributed by atoms with E-state index in [1.807, 2.05) is 6.92 Å². The van der Waals surface area contributed by atoms with Gasteiger partial charge in [-0.2, -0.15) is 0 Å². The molecule has 2 heterocycles. The van der Waals surface area contributed by atoms with Gasteiger partial charge in [0.2, 0.25) is 0 Å². The average molecular weight is 306 g/mol. The summed E-state index contributed by atoms with van der Waals surface area (Å²) in [5.74, 6) is -1.38. The smallest absolute Gasteiger partial charge is 0.310 e. The number of ketones is 1. The van der Waals surface area contributed by atoms with Crippen LogP contribution in [-0.2, 0) is 20.7 Å². The van der Waals surface area contributed by atoms with Gasteiger partial charge >= 0.3 is 5.97 Å². The van der Waals surface area contributed by atoms with E-state index >= 15 is 0 Å². The number of hydrogen-bond donors (Lipinski definition) is 2. The van der Waals surface area contributed by atoms with Gasteiger partial charge in [-0.25, -0.2) is 0 Å². The topological polar surface area (TPSA) is 96.4 Å². The number of epoxide rings is 1. The van der Waals surface area contributed by atoms with Crippen molar-refractivity contribution < 1.29 is 29.3 Å². The van der Waals surface area contributed by atoms with Crippen molar-refractivity contribution >= 4 is 11.8 Å². The molecule has 0 saturated carbocycles. The number of rotatable bonds is 0. The molecule has 0 unspecified atom stereocenters. The first-order chi connectivity index (χ1) is 10.5. The second-order valence-corrected chi connectivity index (χ2v) is 5.87. The van der Waals surface area contributed by atoms with E-state index in [-0.39, 0.29) is 47.0 Å². The highest BCUT2D eigenvalue weighted by Crippen LogP contribution is 2.36. The second-order valence-electron chi connectivity index (χ2n) is 5.87. The van der Waals surface area contributed by atoms with Crippen LogP contribution >= 0.6 is 0 Å². The first-order valence-corrected chi connectivity index (χ1v) is 7.39. The number of phenolic OH excluding ortho intramolecular Hbond substituents is 2. The fourth-order valence-corrected chi connectivity index (χ4v) is 2.92. The normalized spacial score (nSPS) is 28.7. The third kappa shape index (κ3) is 2.92. The Kier molecular flexibility index (Phi) is 3.78. The minimum Gasteiger partial charge on any atom is -0.508 e. The highest BCUT2D eigenvalue weighted by Gasteiger charge is 2.46. The third-order valence-electron chi connectivity index (χ3n) is 4.04. The quantitative estimate of drug-likeness (QED) is 0.559. The summed E-state index contributed by atoms with van der Waals surface area (Å²) in [4.78, 5) is 24.4. The van der Waals surface area contributed by atoms with E-state index in [0.717, 1.165) is 12.5 Å². The van der Waals surface area contributed by atoms with E-state index in [1.54, 1.807) is 0 Å². The second kappa shape index (κ2) is 5.61. The molecule has 2 aliphatic heterocycles. The first-order valence-electron chi connectivity index (χ1n) is 7.39. The summed E-state index contributed by atoms with van der Waals surface area (Å²) < 4.78 is 10.7. The van der Waals surface area contributed by atoms with Crippen molar-refractivity contribution in [3.8, 4) is 11.5 Å². The zero-order valence-corrected chi connectivity index (χ0v) is 12.2. The van der Waals surface area contributed by atoms with Crippen LogP contribution in [0.15, 0.2) is 12.1 Å². The van der Waals surface area contributed by atoms with Gasteiger partial charge in [-0.1, -0.05) is 0 Å². The summed E-state index contributed by atoms with van der Waals surface area (Å²) in [7, 11) is 0. The standard InChI is InChI=1S/C16H18O6/c1-8-3-2-4-12-16(22-12)15(20)14-9(6-13(19)21-8)5-10(17)7-11(14)18/h5,7-8,12,16-18H,2-4,6H2,1H3/t8-,12-,16-/m1/s1. The fourth-order valence-electron chi connectivity index (χ4n) is 2.92. The van der Waals surface area contributed by atoms with Crippen LogP contribution in [0.2, 0.25) is 0 Å². The minimum absolute atomic E-state index is 0.0375. The Balaban J connectivity index is 1.98. The molecule has 0 spiro atoms. The lowest BCUT2D eigenvalue weighted by atomic mass is 9.95. The van der Waals surface area contributed by atoms with E-state index in [1.165, 1.54) is 6.07 Å². The summed E-state index contributed by atoms with van der Waals surface area (Å²) in [6.07, 6.45) is 1.13. The summed E-state index contributed by atoms with van der Waals surface area (Å²) in [6.45, 7) is 1.82. The number of aromatic hydroxyl groups is 2. The molecule has 3 rings (SSSR count). The molecule has 1 fully saturated rings. The monoisotopic (exact) mass is 306 g/mol. The zero-order valence-electron chi connectivity index (χ0n) is 12.2. The average Bonchev–Trinajstić information content (AvgIpc) is 3.15. The van der Waals surface area contributed by atoms with Crippen LogP contribution in [0.25, 0.3) is 0 Å². The largest absolute Gasteiger partial charge is 0.508 e. The van der Waals surface area contributed by atoms with Crippen molar-refractivity contribution in [1.82, 2.24) is 0 Å². The van der Waals surface area contributed by atoms with Gasteiger partial charge in [0.05, 0.1) is 24.2 Å². The van der Waals surface area contributed by atoms with Crippen molar-refractivity contribution in [1.29, 1.82) is 0 Å². The van der Waals surface area contributed by atoms with Crippen molar-refractivity contribution in [2.45, 2.75) is 50.9 Å². The predicted octanol–water partition coefficient (Wildman–Crippen LogP) is 1.71. The predicted molar refractivity (Wildman–Crippen MR) is 75.9 cm³/mol. The van der Waals surface area contributed by atoms with Crippen LogP contribution < -0.4 is 0 Å². The van der Waals surface area contributed by atoms with Gasteiger partial charge in [0.1, 0.15) is 17.6 Å². The maximum atomic E-state index is 12.5. The number of esters is 1. The minimum atomic E-state index is -0.569. The van der Waals surface area contributed by atoms with Crippen LogP contribution in [0, 0.1) is 0 Å². The molecule has 0 aromatic heterocycles. The molecule has 22 heavy (non-hydrogen) atoms. The van der Waals surface area contributed by atoms with E-state index in [9.17, 15) is 19.8 Å². The maximum Gasteiger partial charge on any atom is 0.310 e. The number of Topliss-reactive ketones (excluding diaryl/α,β-unsaturated/α-hetero) is 1. The Bertz CT molecular complexity index is 623. The number of fused-ring (bicyclic) bond motifs is 2. The molecule has 0 radical (unpaired) electrons. The number of ether oxygens (including phenoxy) is 2. The molecule has 1 saturated heterocycles. The van der Waals surface area contributed by atoms with Gasteiger partial charge in [-0.3, -0.25) is 9.59 Å². The molecule has 1 aromatic rings. The fraction of sp³-hybridized carbons (Fsp3) is 0.500. The molecular formula is C16H18O6. The molecule has 0 aliphatic carbocycles. The van der Waals surface area contributed by atoms with E-state index < -0.39 is 12.1 Å². The number of phenols is 2. The molecule has 0 bridgehead atoms. The highest BCUT2D eigenvalue weighted by molar-refractivity contribution is 6.05. The molecule has 0 amide bonds. The summed E-state index contributed by atoms with van der Waals surface area (Å²) >= 11 is 0. The summed E-state index contributed by atoms with van der Waals surface area (Å²) in [5.41, 5.74) is 0.296. The zero-order chi connectivity index (χ0) is 15.9. The van der Waals surface area contributed by atoms with Crippen molar-refractivity contribution in [3.63, 3.8) is 0 Å². The lowest BCUT2D eigenvalue weighted by Crippen LogP contribution is -2.20. The lowest BCUT2D eigenvalue weighted by Gasteiger charge is -2.15. The molecule has 118 valence electrons. The lowest BCUT2D eigenvalue weighted by molar-refractivity contribution is -0.147. The van der Waals surface area contributed by atoms with Gasteiger partial charge in [0, 0.05) is 6.07 Å². The Labute approximate surface area is 127 Å². The Morgan fingerprint density at radius 2 is 1.95 bits per heavy atom. The van der Waals surface area contributed by atoms with Gasteiger partial charge in [-0.05, 0) is 37.8 Å². The van der Waals surface area contributed by atoms with Gasteiger partial charge in [0.15, 0.2) is 5.78 Å². The number of benzene rings is 1. The number of hydrogen-bond acceptors (Lipinski definition) is 6. The van der Waals surface area contributed by atoms with Crippen LogP contribution in [-0.4, -0.2) is 40.3 Å². The van der Waals surface area contributed by atoms with Crippen LogP contribution in [0.1, 0.15) is 42.1 Å². The summed E-state index contributed by atoms with van der Waals surface area (Å²) in [6, 6.07) is 2.40. The summed E-state index contributed by atoms with van der Waals surface area (Å²) in [5, 5.41) is 19.6. The van der Waals surface area contributed by atoms with E-state index in [0.29, 0.717) is 12.8 Å². The molecule has 6 heteroatoms. The van der Waals surface area contributed by atoms with Crippen molar-refractivity contribution in [3.05, 3.63) is 23.3 Å².